The Morgan fingerprint density at radius 2 is 1.35 bits per heavy atom. The van der Waals surface area contributed by atoms with E-state index in [4.69, 9.17) is 15.2 Å². The number of rotatable bonds is 8. The molecule has 1 heterocycles. The highest BCUT2D eigenvalue weighted by molar-refractivity contribution is 9.10. The van der Waals surface area contributed by atoms with Crippen LogP contribution in [0.15, 0.2) is 77.3 Å². The average Bonchev–Trinajstić information content (AvgIpc) is 2.95. The molecule has 8 nitrogen and oxygen atoms in total. The molecule has 4 rings (SSSR count). The van der Waals surface area contributed by atoms with Crippen molar-refractivity contribution < 1.29 is 23.9 Å². The number of ether oxygens (including phenoxy) is 2. The van der Waals surface area contributed by atoms with Gasteiger partial charge in [0.1, 0.15) is 13.2 Å². The summed E-state index contributed by atoms with van der Waals surface area (Å²) in [5.74, 6) is -0.792. The fourth-order valence-corrected chi connectivity index (χ4v) is 4.42. The number of halogens is 1. The predicted molar refractivity (Wildman–Crippen MR) is 161 cm³/mol. The summed E-state index contributed by atoms with van der Waals surface area (Å²) in [7, 11) is 2.11. The summed E-state index contributed by atoms with van der Waals surface area (Å²) < 4.78 is 10.6. The van der Waals surface area contributed by atoms with Gasteiger partial charge in [0.25, 0.3) is 0 Å². The summed E-state index contributed by atoms with van der Waals surface area (Å²) in [5, 5.41) is 0. The lowest BCUT2D eigenvalue weighted by atomic mass is 10.0. The summed E-state index contributed by atoms with van der Waals surface area (Å²) in [6.07, 6.45) is 0. The largest absolute Gasteiger partial charge is 0.462 e. The summed E-state index contributed by atoms with van der Waals surface area (Å²) in [6, 6.07) is 22.0. The van der Waals surface area contributed by atoms with Gasteiger partial charge in [-0.3, -0.25) is 14.5 Å². The summed E-state index contributed by atoms with van der Waals surface area (Å²) in [5.41, 5.74) is 9.58. The topological polar surface area (TPSA) is 102 Å². The normalized spacial score (nSPS) is 13.3. The van der Waals surface area contributed by atoms with Gasteiger partial charge in [0.2, 0.25) is 0 Å². The molecule has 1 aliphatic rings. The number of ketones is 1. The van der Waals surface area contributed by atoms with Gasteiger partial charge < -0.3 is 20.1 Å². The maximum absolute atomic E-state index is 12.2. The van der Waals surface area contributed by atoms with Crippen LogP contribution in [0.3, 0.4) is 0 Å². The molecule has 0 radical (unpaired) electrons. The smallest absolute Gasteiger partial charge is 0.338 e. The summed E-state index contributed by atoms with van der Waals surface area (Å²) >= 11 is 3.41. The van der Waals surface area contributed by atoms with Gasteiger partial charge in [-0.2, -0.15) is 0 Å². The second-order valence-electron chi connectivity index (χ2n) is 9.15. The van der Waals surface area contributed by atoms with Crippen molar-refractivity contribution in [2.24, 2.45) is 0 Å². The molecule has 0 aliphatic carbocycles. The van der Waals surface area contributed by atoms with E-state index in [-0.39, 0.29) is 26.4 Å². The van der Waals surface area contributed by atoms with Gasteiger partial charge in [-0.1, -0.05) is 68.1 Å². The Bertz CT molecular complexity index is 1210. The first-order valence-electron chi connectivity index (χ1n) is 12.7. The van der Waals surface area contributed by atoms with Crippen molar-refractivity contribution in [3.8, 4) is 0 Å². The van der Waals surface area contributed by atoms with Crippen molar-refractivity contribution in [3.63, 3.8) is 0 Å². The number of esters is 2. The number of benzene rings is 3. The lowest BCUT2D eigenvalue weighted by molar-refractivity contribution is -0.142. The zero-order chi connectivity index (χ0) is 28.2. The van der Waals surface area contributed by atoms with Crippen LogP contribution in [0.25, 0.3) is 0 Å². The minimum absolute atomic E-state index is 0. The van der Waals surface area contributed by atoms with E-state index in [2.05, 4.69) is 32.8 Å². The van der Waals surface area contributed by atoms with E-state index < -0.39 is 11.9 Å². The van der Waals surface area contributed by atoms with Crippen LogP contribution in [0, 0.1) is 0 Å². The lowest BCUT2D eigenvalue weighted by Gasteiger charge is -2.32. The number of carbonyl (C=O) groups is 3. The number of hydrogen-bond acceptors (Lipinski definition) is 8. The third-order valence-corrected chi connectivity index (χ3v) is 6.79. The van der Waals surface area contributed by atoms with E-state index >= 15 is 0 Å². The van der Waals surface area contributed by atoms with Crippen LogP contribution in [-0.2, 0) is 20.8 Å². The monoisotopic (exact) mass is 611 g/mol. The molecule has 0 atom stereocenters. The molecule has 0 amide bonds. The average molecular weight is 613 g/mol. The number of nitrogen functional groups attached to an aromatic ring is 1. The molecule has 1 fully saturated rings. The second kappa shape index (κ2) is 16.5. The highest BCUT2D eigenvalue weighted by atomic mass is 79.9. The SMILES string of the molecule is C.CC(=O)OCCOC(=O)c1cc(Br)c(N)c(CN2CCN(C)CC2)c1.O=C(c1ccccc1)c1ccccc1. The first-order chi connectivity index (χ1) is 18.7. The molecule has 0 bridgehead atoms. The fourth-order valence-electron chi connectivity index (χ4n) is 3.92. The van der Waals surface area contributed by atoms with Crippen molar-refractivity contribution in [1.29, 1.82) is 0 Å². The molecule has 0 unspecified atom stereocenters. The maximum Gasteiger partial charge on any atom is 0.338 e. The minimum Gasteiger partial charge on any atom is -0.462 e. The Morgan fingerprint density at radius 1 is 0.825 bits per heavy atom. The summed E-state index contributed by atoms with van der Waals surface area (Å²) in [4.78, 5) is 39.3. The van der Waals surface area contributed by atoms with Crippen LogP contribution >= 0.6 is 15.9 Å². The first-order valence-corrected chi connectivity index (χ1v) is 13.5. The van der Waals surface area contributed by atoms with Crippen LogP contribution in [0.1, 0.15) is 46.2 Å². The fraction of sp³-hybridized carbons (Fsp3) is 0.323. The zero-order valence-electron chi connectivity index (χ0n) is 22.3. The number of piperazine rings is 1. The second-order valence-corrected chi connectivity index (χ2v) is 10.0. The number of anilines is 1. The van der Waals surface area contributed by atoms with E-state index in [9.17, 15) is 14.4 Å². The number of hydrogen-bond donors (Lipinski definition) is 1. The number of nitrogens with zero attached hydrogens (tertiary/aromatic N) is 2. The number of nitrogens with two attached hydrogens (primary N) is 1. The molecule has 1 saturated heterocycles. The molecule has 3 aromatic rings. The van der Waals surface area contributed by atoms with Gasteiger partial charge in [0.05, 0.1) is 11.3 Å². The van der Waals surface area contributed by atoms with E-state index in [1.54, 1.807) is 12.1 Å². The minimum atomic E-state index is -0.465. The molecule has 40 heavy (non-hydrogen) atoms. The van der Waals surface area contributed by atoms with Crippen molar-refractivity contribution in [1.82, 2.24) is 9.80 Å². The van der Waals surface area contributed by atoms with Gasteiger partial charge in [-0.25, -0.2) is 4.79 Å². The van der Waals surface area contributed by atoms with Crippen molar-refractivity contribution >= 4 is 39.3 Å². The third-order valence-electron chi connectivity index (χ3n) is 6.13. The lowest BCUT2D eigenvalue weighted by Crippen LogP contribution is -2.44. The Kier molecular flexibility index (Phi) is 13.5. The number of likely N-dealkylation sites (N-methyl/N-ethyl adjacent to an activating group) is 1. The van der Waals surface area contributed by atoms with Gasteiger partial charge in [0, 0.05) is 55.2 Å². The van der Waals surface area contributed by atoms with Crippen LogP contribution in [0.5, 0.6) is 0 Å². The van der Waals surface area contributed by atoms with E-state index in [0.29, 0.717) is 22.3 Å². The van der Waals surface area contributed by atoms with E-state index in [0.717, 1.165) is 42.9 Å². The van der Waals surface area contributed by atoms with Gasteiger partial charge in [-0.15, -0.1) is 0 Å². The van der Waals surface area contributed by atoms with Crippen LogP contribution < -0.4 is 5.73 Å². The van der Waals surface area contributed by atoms with Gasteiger partial charge in [0.15, 0.2) is 5.78 Å². The molecule has 214 valence electrons. The van der Waals surface area contributed by atoms with Crippen molar-refractivity contribution in [2.75, 3.05) is 52.2 Å². The molecule has 9 heteroatoms. The molecule has 1 aliphatic heterocycles. The molecular weight excluding hydrogens is 574 g/mol. The van der Waals surface area contributed by atoms with E-state index in [1.807, 2.05) is 60.7 Å². The highest BCUT2D eigenvalue weighted by Gasteiger charge is 2.18. The molecule has 0 aromatic heterocycles. The molecular formula is C31H38BrN3O5. The molecule has 0 saturated carbocycles. The third kappa shape index (κ3) is 10.2. The van der Waals surface area contributed by atoms with Gasteiger partial charge >= 0.3 is 11.9 Å². The van der Waals surface area contributed by atoms with E-state index in [1.165, 1.54) is 6.92 Å². The molecule has 0 spiro atoms. The van der Waals surface area contributed by atoms with Crippen LogP contribution in [0.4, 0.5) is 5.69 Å². The Morgan fingerprint density at radius 3 is 1.88 bits per heavy atom. The zero-order valence-corrected chi connectivity index (χ0v) is 23.9. The standard InChI is InChI=1S/C17H24BrN3O4.C13H10O.CH4/c1-12(22)24-7-8-25-17(23)13-9-14(16(19)15(18)10-13)11-21-5-3-20(2)4-6-21;14-13(11-7-3-1-4-8-11)12-9-5-2-6-10-12;/h9-10H,3-8,11,19H2,1-2H3;1-10H;1H4. The van der Waals surface area contributed by atoms with Crippen LogP contribution in [0.2, 0.25) is 0 Å². The highest BCUT2D eigenvalue weighted by Crippen LogP contribution is 2.27. The summed E-state index contributed by atoms with van der Waals surface area (Å²) in [6.45, 7) is 6.02. The molecule has 2 N–H and O–H groups in total. The Balaban J connectivity index is 0.000000316. The quantitative estimate of drug-likeness (QED) is 0.163. The number of carbonyl (C=O) groups excluding carboxylic acids is 3. The molecule has 3 aromatic carbocycles. The van der Waals surface area contributed by atoms with Crippen molar-refractivity contribution in [2.45, 2.75) is 20.9 Å². The van der Waals surface area contributed by atoms with Gasteiger partial charge in [-0.05, 0) is 40.7 Å². The first kappa shape index (κ1) is 32.7. The van der Waals surface area contributed by atoms with Crippen LogP contribution in [-0.4, -0.2) is 74.0 Å². The Labute approximate surface area is 245 Å². The Hall–Kier alpha value is -3.53. The van der Waals surface area contributed by atoms with Crippen molar-refractivity contribution in [3.05, 3.63) is 99.5 Å². The predicted octanol–water partition coefficient (Wildman–Crippen LogP) is 5.05. The maximum atomic E-state index is 12.2.